The summed E-state index contributed by atoms with van der Waals surface area (Å²) in [5.74, 6) is 0. The van der Waals surface area contributed by atoms with E-state index in [0.717, 1.165) is 64.9 Å². The summed E-state index contributed by atoms with van der Waals surface area (Å²) in [5.41, 5.74) is 0.138. The molecule has 0 radical (unpaired) electrons. The molecule has 0 aliphatic heterocycles. The van der Waals surface area contributed by atoms with E-state index < -0.39 is 8.80 Å². The van der Waals surface area contributed by atoms with Crippen molar-refractivity contribution in [3.05, 3.63) is 0 Å². The van der Waals surface area contributed by atoms with Crippen LogP contribution in [-0.2, 0) is 13.3 Å². The Kier molecular flexibility index (Phi) is 19.2. The van der Waals surface area contributed by atoms with Crippen molar-refractivity contribution in [3.63, 3.8) is 0 Å². The minimum Gasteiger partial charge on any atom is -0.374 e. The predicted molar refractivity (Wildman–Crippen MR) is 145 cm³/mol. The van der Waals surface area contributed by atoms with Crippen molar-refractivity contribution >= 4 is 8.80 Å². The molecule has 0 aliphatic rings. The third kappa shape index (κ3) is 12.5. The lowest BCUT2D eigenvalue weighted by Gasteiger charge is -2.43. The Morgan fingerprint density at radius 2 is 0.758 bits per heavy atom. The zero-order valence-corrected chi connectivity index (χ0v) is 24.9. The van der Waals surface area contributed by atoms with E-state index in [2.05, 4.69) is 77.0 Å². The van der Waals surface area contributed by atoms with Gasteiger partial charge in [-0.2, -0.15) is 0 Å². The average Bonchev–Trinajstić information content (AvgIpc) is 2.81. The highest BCUT2D eigenvalue weighted by Crippen LogP contribution is 2.41. The summed E-state index contributed by atoms with van der Waals surface area (Å²) in [7, 11) is -2.76. The molecule has 0 heterocycles. The highest BCUT2D eigenvalue weighted by Gasteiger charge is 2.48. The first-order valence-corrected chi connectivity index (χ1v) is 15.9. The van der Waals surface area contributed by atoms with Gasteiger partial charge in [0.2, 0.25) is 0 Å². The first-order valence-electron chi connectivity index (χ1n) is 14.0. The van der Waals surface area contributed by atoms with Crippen LogP contribution in [0.15, 0.2) is 0 Å². The van der Waals surface area contributed by atoms with Gasteiger partial charge in [0.15, 0.2) is 0 Å². The highest BCUT2D eigenvalue weighted by atomic mass is 28.4. The number of nitrogens with zero attached hydrogens (tertiary/aromatic N) is 3. The van der Waals surface area contributed by atoms with Crippen LogP contribution in [0.4, 0.5) is 0 Å². The molecule has 33 heavy (non-hydrogen) atoms. The van der Waals surface area contributed by atoms with Gasteiger partial charge in [-0.1, -0.05) is 41.5 Å². The largest absolute Gasteiger partial charge is 0.501 e. The number of hydrogen-bond acceptors (Lipinski definition) is 6. The van der Waals surface area contributed by atoms with Crippen molar-refractivity contribution in [2.45, 2.75) is 87.6 Å². The van der Waals surface area contributed by atoms with E-state index in [9.17, 15) is 0 Å². The molecule has 7 heteroatoms. The second kappa shape index (κ2) is 19.2. The predicted octanol–water partition coefficient (Wildman–Crippen LogP) is 5.22. The summed E-state index contributed by atoms with van der Waals surface area (Å²) in [6.45, 7) is 31.8. The molecule has 0 unspecified atom stereocenters. The summed E-state index contributed by atoms with van der Waals surface area (Å²) in [6, 6.07) is 0.916. The van der Waals surface area contributed by atoms with E-state index in [1.807, 2.05) is 0 Å². The minimum absolute atomic E-state index is 0.138. The molecular weight excluding hydrogens is 430 g/mol. The first kappa shape index (κ1) is 33.0. The fourth-order valence-electron chi connectivity index (χ4n) is 4.84. The van der Waals surface area contributed by atoms with E-state index in [1.54, 1.807) is 0 Å². The fraction of sp³-hybridized carbons (Fsp3) is 1.00. The van der Waals surface area contributed by atoms with E-state index in [1.165, 1.54) is 19.3 Å². The topological polar surface area (TPSA) is 37.4 Å². The third-order valence-electron chi connectivity index (χ3n) is 7.24. The molecule has 6 nitrogen and oxygen atoms in total. The Morgan fingerprint density at radius 1 is 0.485 bits per heavy atom. The summed E-state index contributed by atoms with van der Waals surface area (Å²) in [6.07, 6.45) is 3.50. The molecule has 0 bridgehead atoms. The lowest BCUT2D eigenvalue weighted by atomic mass is 9.79. The van der Waals surface area contributed by atoms with Gasteiger partial charge in [0, 0.05) is 25.9 Å². The van der Waals surface area contributed by atoms with Gasteiger partial charge in [-0.3, -0.25) is 0 Å². The van der Waals surface area contributed by atoms with Crippen LogP contribution in [0.5, 0.6) is 0 Å². The monoisotopic (exact) mass is 489 g/mol. The smallest absolute Gasteiger partial charge is 0.374 e. The van der Waals surface area contributed by atoms with Crippen molar-refractivity contribution in [2.75, 3.05) is 78.7 Å². The molecule has 0 saturated heterocycles. The van der Waals surface area contributed by atoms with Crippen molar-refractivity contribution in [2.24, 2.45) is 5.41 Å². The Labute approximate surface area is 208 Å². The van der Waals surface area contributed by atoms with Gasteiger partial charge in [0.1, 0.15) is 0 Å². The molecular formula is C26H59N3O3Si. The van der Waals surface area contributed by atoms with Gasteiger partial charge in [-0.15, -0.1) is 0 Å². The Morgan fingerprint density at radius 3 is 0.970 bits per heavy atom. The summed E-state index contributed by atoms with van der Waals surface area (Å²) in [5, 5.41) is 0. The highest BCUT2D eigenvalue weighted by molar-refractivity contribution is 6.60. The van der Waals surface area contributed by atoms with Gasteiger partial charge in [0.05, 0.1) is 0 Å². The quantitative estimate of drug-likeness (QED) is 0.183. The van der Waals surface area contributed by atoms with Gasteiger partial charge in [0.25, 0.3) is 0 Å². The van der Waals surface area contributed by atoms with Crippen LogP contribution in [-0.4, -0.2) is 102 Å². The Hall–Kier alpha value is -0.0231. The molecule has 0 aromatic rings. The van der Waals surface area contributed by atoms with Crippen molar-refractivity contribution in [1.29, 1.82) is 0 Å². The standard InChI is InChI=1S/C26H59N3O3Si/c1-10-27(11-2)22-19-26(20-23-28(12-3)13-4,21-24-29(14-5)15-6)25-33(30-16-7,31-17-8)32-18-9/h10-25H2,1-9H3. The van der Waals surface area contributed by atoms with Crippen LogP contribution in [0, 0.1) is 5.41 Å². The van der Waals surface area contributed by atoms with E-state index in [0.29, 0.717) is 19.8 Å². The fourth-order valence-corrected chi connectivity index (χ4v) is 8.17. The van der Waals surface area contributed by atoms with Gasteiger partial charge in [-0.25, -0.2) is 0 Å². The Bertz CT molecular complexity index is 387. The molecule has 0 rings (SSSR count). The van der Waals surface area contributed by atoms with E-state index in [-0.39, 0.29) is 5.41 Å². The van der Waals surface area contributed by atoms with Crippen LogP contribution in [0.2, 0.25) is 6.04 Å². The summed E-state index contributed by atoms with van der Waals surface area (Å²) >= 11 is 0. The van der Waals surface area contributed by atoms with Crippen LogP contribution >= 0.6 is 0 Å². The SMILES string of the molecule is CCO[Si](CC(CCN(CC)CC)(CCN(CC)CC)CCN(CC)CC)(OCC)OCC. The summed E-state index contributed by atoms with van der Waals surface area (Å²) in [4.78, 5) is 7.69. The lowest BCUT2D eigenvalue weighted by molar-refractivity contribution is 0.0470. The maximum Gasteiger partial charge on any atom is 0.501 e. The normalized spacial score (nSPS) is 13.1. The molecule has 0 aromatic heterocycles. The van der Waals surface area contributed by atoms with Crippen LogP contribution in [0.3, 0.4) is 0 Å². The molecule has 0 saturated carbocycles. The molecule has 0 atom stereocenters. The second-order valence-electron chi connectivity index (χ2n) is 8.99. The molecule has 0 aromatic carbocycles. The van der Waals surface area contributed by atoms with Crippen molar-refractivity contribution in [3.8, 4) is 0 Å². The van der Waals surface area contributed by atoms with Gasteiger partial charge >= 0.3 is 8.80 Å². The van der Waals surface area contributed by atoms with Gasteiger partial charge in [-0.05, 0) is 104 Å². The Balaban J connectivity index is 6.16. The zero-order valence-electron chi connectivity index (χ0n) is 23.9. The van der Waals surface area contributed by atoms with Crippen LogP contribution < -0.4 is 0 Å². The summed E-state index contributed by atoms with van der Waals surface area (Å²) < 4.78 is 19.2. The maximum absolute atomic E-state index is 6.40. The third-order valence-corrected chi connectivity index (χ3v) is 10.6. The van der Waals surface area contributed by atoms with E-state index >= 15 is 0 Å². The molecule has 0 fully saturated rings. The van der Waals surface area contributed by atoms with Crippen LogP contribution in [0.25, 0.3) is 0 Å². The van der Waals surface area contributed by atoms with Gasteiger partial charge < -0.3 is 28.0 Å². The molecule has 0 amide bonds. The molecule has 0 spiro atoms. The van der Waals surface area contributed by atoms with Crippen molar-refractivity contribution in [1.82, 2.24) is 14.7 Å². The minimum atomic E-state index is -2.76. The lowest BCUT2D eigenvalue weighted by Crippen LogP contribution is -2.51. The second-order valence-corrected chi connectivity index (χ2v) is 11.6. The zero-order chi connectivity index (χ0) is 25.2. The average molecular weight is 490 g/mol. The number of hydrogen-bond donors (Lipinski definition) is 0. The van der Waals surface area contributed by atoms with Crippen LogP contribution in [0.1, 0.15) is 81.6 Å². The molecule has 0 N–H and O–H groups in total. The first-order chi connectivity index (χ1) is 15.9. The number of rotatable bonds is 23. The molecule has 0 aliphatic carbocycles. The maximum atomic E-state index is 6.40. The molecule has 200 valence electrons. The van der Waals surface area contributed by atoms with E-state index in [4.69, 9.17) is 13.3 Å². The van der Waals surface area contributed by atoms with Crippen molar-refractivity contribution < 1.29 is 13.3 Å².